The van der Waals surface area contributed by atoms with E-state index in [4.69, 9.17) is 10.5 Å². The molecule has 1 aliphatic heterocycles. The minimum Gasteiger partial charge on any atom is -0.478 e. The lowest BCUT2D eigenvalue weighted by Gasteiger charge is -2.46. The number of rotatable bonds is 6. The summed E-state index contributed by atoms with van der Waals surface area (Å²) in [4.78, 5) is 26.1. The number of hydrogen-bond acceptors (Lipinski definition) is 3. The predicted octanol–water partition coefficient (Wildman–Crippen LogP) is 3.88. The van der Waals surface area contributed by atoms with Gasteiger partial charge in [-0.3, -0.25) is 14.5 Å². The Morgan fingerprint density at radius 1 is 1.00 bits per heavy atom. The molecule has 2 atom stereocenters. The van der Waals surface area contributed by atoms with Crippen LogP contribution in [0.1, 0.15) is 34.5 Å². The van der Waals surface area contributed by atoms with E-state index >= 15 is 0 Å². The molecule has 1 fully saturated rings. The van der Waals surface area contributed by atoms with Gasteiger partial charge in [0.25, 0.3) is 5.91 Å². The summed E-state index contributed by atoms with van der Waals surface area (Å²) in [5.41, 5.74) is 8.63. The Morgan fingerprint density at radius 3 is 2.38 bits per heavy atom. The van der Waals surface area contributed by atoms with Crippen molar-refractivity contribution in [2.24, 2.45) is 5.73 Å². The van der Waals surface area contributed by atoms with Gasteiger partial charge in [-0.2, -0.15) is 0 Å². The van der Waals surface area contributed by atoms with Crippen molar-refractivity contribution in [3.8, 4) is 5.75 Å². The molecule has 4 rings (SSSR count). The highest BCUT2D eigenvalue weighted by Gasteiger charge is 2.51. The van der Waals surface area contributed by atoms with E-state index in [1.54, 1.807) is 17.0 Å². The lowest BCUT2D eigenvalue weighted by molar-refractivity contribution is -0.135. The Bertz CT molecular complexity index is 1030. The lowest BCUT2D eigenvalue weighted by Crippen LogP contribution is -2.61. The van der Waals surface area contributed by atoms with Crippen LogP contribution < -0.4 is 15.4 Å². The van der Waals surface area contributed by atoms with Gasteiger partial charge < -0.3 is 10.5 Å². The van der Waals surface area contributed by atoms with Gasteiger partial charge in [-0.05, 0) is 53.9 Å². The summed E-state index contributed by atoms with van der Waals surface area (Å²) < 4.78 is 6.12. The van der Waals surface area contributed by atoms with Crippen molar-refractivity contribution in [3.05, 3.63) is 95.6 Å². The maximum Gasteiger partial charge on any atom is 0.271 e. The summed E-state index contributed by atoms with van der Waals surface area (Å²) >= 11 is 0. The topological polar surface area (TPSA) is 72.6 Å². The lowest BCUT2D eigenvalue weighted by atomic mass is 9.89. The number of anilines is 1. The Kier molecular flexibility index (Phi) is 5.04. The predicted molar refractivity (Wildman–Crippen MR) is 112 cm³/mol. The number of nitrogens with zero attached hydrogens (tertiary/aromatic N) is 1. The van der Waals surface area contributed by atoms with Crippen molar-refractivity contribution < 1.29 is 14.3 Å². The number of amides is 2. The first kappa shape index (κ1) is 18.7. The second-order valence-corrected chi connectivity index (χ2v) is 7.01. The van der Waals surface area contributed by atoms with Crippen LogP contribution in [0.3, 0.4) is 0 Å². The van der Waals surface area contributed by atoms with Gasteiger partial charge in [-0.25, -0.2) is 0 Å². The van der Waals surface area contributed by atoms with Crippen molar-refractivity contribution in [2.75, 3.05) is 4.90 Å². The minimum absolute atomic E-state index is 0.0953. The van der Waals surface area contributed by atoms with Crippen LogP contribution in [0, 0.1) is 0 Å². The molecule has 2 amide bonds. The maximum absolute atomic E-state index is 13.0. The fourth-order valence-corrected chi connectivity index (χ4v) is 3.61. The number of nitrogens with two attached hydrogens (primary N) is 1. The number of ether oxygens (including phenoxy) is 1. The fourth-order valence-electron chi connectivity index (χ4n) is 3.61. The first-order valence-corrected chi connectivity index (χ1v) is 9.62. The van der Waals surface area contributed by atoms with E-state index in [0.29, 0.717) is 11.3 Å². The molecule has 5 nitrogen and oxygen atoms in total. The molecule has 2 unspecified atom stereocenters. The highest BCUT2D eigenvalue weighted by atomic mass is 16.5. The highest BCUT2D eigenvalue weighted by molar-refractivity contribution is 6.05. The van der Waals surface area contributed by atoms with Gasteiger partial charge in [0.15, 0.2) is 0 Å². The molecule has 0 spiro atoms. The SMILES string of the molecule is CCc1cccc(OC2C(=O)N(c3ccccc3)C2c2ccc(C(N)=O)cc2)c1. The van der Waals surface area contributed by atoms with Crippen LogP contribution in [0.4, 0.5) is 5.69 Å². The van der Waals surface area contributed by atoms with E-state index in [1.807, 2.05) is 66.7 Å². The summed E-state index contributed by atoms with van der Waals surface area (Å²) in [6, 6.07) is 24.0. The standard InChI is InChI=1S/C24H22N2O3/c1-2-16-7-6-10-20(15-16)29-22-21(17-11-13-18(14-12-17)23(25)27)26(24(22)28)19-8-4-3-5-9-19/h3-15,21-22H,2H2,1H3,(H2,25,27). The van der Waals surface area contributed by atoms with Crippen LogP contribution in [-0.4, -0.2) is 17.9 Å². The molecule has 1 saturated heterocycles. The van der Waals surface area contributed by atoms with E-state index in [2.05, 4.69) is 6.92 Å². The zero-order chi connectivity index (χ0) is 20.4. The van der Waals surface area contributed by atoms with Crippen LogP contribution in [0.25, 0.3) is 0 Å². The van der Waals surface area contributed by atoms with E-state index in [0.717, 1.165) is 23.2 Å². The molecule has 0 saturated carbocycles. The zero-order valence-electron chi connectivity index (χ0n) is 16.1. The summed E-state index contributed by atoms with van der Waals surface area (Å²) in [6.45, 7) is 2.08. The van der Waals surface area contributed by atoms with Gasteiger partial charge in [-0.15, -0.1) is 0 Å². The number of carbonyl (C=O) groups is 2. The van der Waals surface area contributed by atoms with Crippen molar-refractivity contribution in [3.63, 3.8) is 0 Å². The molecule has 146 valence electrons. The van der Waals surface area contributed by atoms with Gasteiger partial charge in [0, 0.05) is 11.3 Å². The minimum atomic E-state index is -0.637. The van der Waals surface area contributed by atoms with E-state index < -0.39 is 12.0 Å². The maximum atomic E-state index is 13.0. The first-order valence-electron chi connectivity index (χ1n) is 9.62. The van der Waals surface area contributed by atoms with Crippen molar-refractivity contribution in [1.82, 2.24) is 0 Å². The second-order valence-electron chi connectivity index (χ2n) is 7.01. The fraction of sp³-hybridized carbons (Fsp3) is 0.167. The molecule has 1 aliphatic rings. The molecule has 5 heteroatoms. The van der Waals surface area contributed by atoms with Gasteiger partial charge in [0.2, 0.25) is 12.0 Å². The van der Waals surface area contributed by atoms with Gasteiger partial charge in [0.1, 0.15) is 11.8 Å². The Labute approximate surface area is 169 Å². The molecule has 0 aliphatic carbocycles. The molecule has 2 N–H and O–H groups in total. The van der Waals surface area contributed by atoms with Crippen molar-refractivity contribution in [2.45, 2.75) is 25.5 Å². The van der Waals surface area contributed by atoms with Gasteiger partial charge in [0.05, 0.1) is 0 Å². The molecule has 1 heterocycles. The number of β-lactam (4-membered cyclic amide) rings is 1. The van der Waals surface area contributed by atoms with Crippen LogP contribution in [0.15, 0.2) is 78.9 Å². The quantitative estimate of drug-likeness (QED) is 0.654. The van der Waals surface area contributed by atoms with Crippen LogP contribution >= 0.6 is 0 Å². The molecule has 3 aromatic rings. The van der Waals surface area contributed by atoms with Crippen LogP contribution in [0.2, 0.25) is 0 Å². The normalized spacial score (nSPS) is 18.2. The zero-order valence-corrected chi connectivity index (χ0v) is 16.1. The Hall–Kier alpha value is -3.60. The van der Waals surface area contributed by atoms with Crippen LogP contribution in [0.5, 0.6) is 5.75 Å². The van der Waals surface area contributed by atoms with E-state index in [1.165, 1.54) is 0 Å². The third kappa shape index (κ3) is 3.59. The summed E-state index contributed by atoms with van der Waals surface area (Å²) in [5, 5.41) is 0. The number of aryl methyl sites for hydroxylation is 1. The average molecular weight is 386 g/mol. The first-order chi connectivity index (χ1) is 14.1. The molecular weight excluding hydrogens is 364 g/mol. The molecule has 0 bridgehead atoms. The van der Waals surface area contributed by atoms with Crippen molar-refractivity contribution in [1.29, 1.82) is 0 Å². The number of para-hydroxylation sites is 1. The molecule has 0 radical (unpaired) electrons. The van der Waals surface area contributed by atoms with E-state index in [9.17, 15) is 9.59 Å². The molecule has 0 aromatic heterocycles. The number of primary amides is 1. The number of carbonyl (C=O) groups excluding carboxylic acids is 2. The molecule has 29 heavy (non-hydrogen) atoms. The summed E-state index contributed by atoms with van der Waals surface area (Å²) in [6.07, 6.45) is 0.256. The Morgan fingerprint density at radius 2 is 1.72 bits per heavy atom. The Balaban J connectivity index is 1.67. The van der Waals surface area contributed by atoms with E-state index in [-0.39, 0.29) is 11.9 Å². The van der Waals surface area contributed by atoms with Crippen LogP contribution in [-0.2, 0) is 11.2 Å². The third-order valence-electron chi connectivity index (χ3n) is 5.19. The highest BCUT2D eigenvalue weighted by Crippen LogP contribution is 2.41. The molecular formula is C24H22N2O3. The summed E-state index contributed by atoms with van der Waals surface area (Å²) in [5.74, 6) is 0.0987. The van der Waals surface area contributed by atoms with Gasteiger partial charge >= 0.3 is 0 Å². The largest absolute Gasteiger partial charge is 0.478 e. The summed E-state index contributed by atoms with van der Waals surface area (Å²) in [7, 11) is 0. The number of hydrogen-bond donors (Lipinski definition) is 1. The molecule has 3 aromatic carbocycles. The second kappa shape index (κ2) is 7.80. The smallest absolute Gasteiger partial charge is 0.271 e. The average Bonchev–Trinajstić information content (AvgIpc) is 2.76. The monoisotopic (exact) mass is 386 g/mol. The van der Waals surface area contributed by atoms with Gasteiger partial charge in [-0.1, -0.05) is 49.4 Å². The number of benzene rings is 3. The third-order valence-corrected chi connectivity index (χ3v) is 5.19. The van der Waals surface area contributed by atoms with Crippen molar-refractivity contribution >= 4 is 17.5 Å².